The smallest absolute Gasteiger partial charge is 0.261 e. The van der Waals surface area contributed by atoms with Crippen molar-refractivity contribution in [1.29, 1.82) is 0 Å². The van der Waals surface area contributed by atoms with E-state index >= 15 is 0 Å². The molecule has 1 aromatic heterocycles. The van der Waals surface area contributed by atoms with Crippen LogP contribution in [0.25, 0.3) is 0 Å². The van der Waals surface area contributed by atoms with Gasteiger partial charge in [-0.25, -0.2) is 0 Å². The minimum Gasteiger partial charge on any atom is -0.345 e. The van der Waals surface area contributed by atoms with Gasteiger partial charge in [0, 0.05) is 44.9 Å². The van der Waals surface area contributed by atoms with Crippen LogP contribution in [0.1, 0.15) is 44.8 Å². The molecule has 0 unspecified atom stereocenters. The SMILES string of the molecule is Cc1ccc2c(c1)C(=O)N(CCCC(=O)N(C)CCc1ccccn1)C2=O. The molecule has 0 spiro atoms. The van der Waals surface area contributed by atoms with Crippen molar-refractivity contribution >= 4 is 17.7 Å². The van der Waals surface area contributed by atoms with E-state index in [-0.39, 0.29) is 24.3 Å². The molecule has 6 heteroatoms. The van der Waals surface area contributed by atoms with Crippen molar-refractivity contribution in [3.05, 3.63) is 65.0 Å². The van der Waals surface area contributed by atoms with Crippen molar-refractivity contribution in [2.45, 2.75) is 26.2 Å². The number of carbonyl (C=O) groups excluding carboxylic acids is 3. The summed E-state index contributed by atoms with van der Waals surface area (Å²) in [6.45, 7) is 2.73. The summed E-state index contributed by atoms with van der Waals surface area (Å²) in [7, 11) is 1.76. The number of benzene rings is 1. The third-order valence-corrected chi connectivity index (χ3v) is 4.75. The lowest BCUT2D eigenvalue weighted by Crippen LogP contribution is -2.33. The Balaban J connectivity index is 1.47. The Morgan fingerprint density at radius 1 is 1.11 bits per heavy atom. The number of likely N-dealkylation sites (N-methyl/N-ethyl adjacent to an activating group) is 1. The van der Waals surface area contributed by atoms with E-state index < -0.39 is 0 Å². The third kappa shape index (κ3) is 4.22. The van der Waals surface area contributed by atoms with E-state index in [0.29, 0.717) is 36.9 Å². The fourth-order valence-corrected chi connectivity index (χ4v) is 3.14. The highest BCUT2D eigenvalue weighted by Gasteiger charge is 2.35. The number of aryl methyl sites for hydroxylation is 1. The molecule has 0 saturated heterocycles. The van der Waals surface area contributed by atoms with Gasteiger partial charge >= 0.3 is 0 Å². The average Bonchev–Trinajstić information content (AvgIpc) is 2.91. The predicted molar refractivity (Wildman–Crippen MR) is 101 cm³/mol. The lowest BCUT2D eigenvalue weighted by molar-refractivity contribution is -0.130. The number of fused-ring (bicyclic) bond motifs is 1. The Bertz CT molecular complexity index is 864. The zero-order chi connectivity index (χ0) is 19.4. The van der Waals surface area contributed by atoms with Crippen LogP contribution in [-0.2, 0) is 11.2 Å². The molecule has 3 rings (SSSR count). The molecule has 2 aromatic rings. The molecule has 1 aliphatic rings. The van der Waals surface area contributed by atoms with Crippen molar-refractivity contribution in [2.75, 3.05) is 20.1 Å². The molecule has 0 saturated carbocycles. The van der Waals surface area contributed by atoms with Crippen LogP contribution >= 0.6 is 0 Å². The van der Waals surface area contributed by atoms with Gasteiger partial charge in [0.05, 0.1) is 11.1 Å². The molecule has 1 aromatic carbocycles. The molecule has 27 heavy (non-hydrogen) atoms. The molecule has 0 radical (unpaired) electrons. The zero-order valence-corrected chi connectivity index (χ0v) is 15.6. The van der Waals surface area contributed by atoms with Crippen LogP contribution in [0, 0.1) is 6.92 Å². The monoisotopic (exact) mass is 365 g/mol. The lowest BCUT2D eigenvalue weighted by atomic mass is 10.1. The number of aromatic nitrogens is 1. The second kappa shape index (κ2) is 8.12. The molecule has 1 aliphatic heterocycles. The Morgan fingerprint density at radius 2 is 1.89 bits per heavy atom. The minimum absolute atomic E-state index is 0.00150. The van der Waals surface area contributed by atoms with Crippen molar-refractivity contribution < 1.29 is 14.4 Å². The van der Waals surface area contributed by atoms with Crippen LogP contribution in [0.3, 0.4) is 0 Å². The van der Waals surface area contributed by atoms with Gasteiger partial charge in [0.15, 0.2) is 0 Å². The first-order valence-electron chi connectivity index (χ1n) is 9.08. The minimum atomic E-state index is -0.272. The van der Waals surface area contributed by atoms with E-state index in [9.17, 15) is 14.4 Å². The van der Waals surface area contributed by atoms with Crippen LogP contribution in [-0.4, -0.2) is 52.6 Å². The zero-order valence-electron chi connectivity index (χ0n) is 15.6. The van der Waals surface area contributed by atoms with Gasteiger partial charge in [0.1, 0.15) is 0 Å². The summed E-state index contributed by atoms with van der Waals surface area (Å²) in [5.41, 5.74) is 2.79. The lowest BCUT2D eigenvalue weighted by Gasteiger charge is -2.18. The summed E-state index contributed by atoms with van der Waals surface area (Å²) in [6, 6.07) is 11.0. The van der Waals surface area contributed by atoms with E-state index in [4.69, 9.17) is 0 Å². The number of hydrogen-bond acceptors (Lipinski definition) is 4. The van der Waals surface area contributed by atoms with Crippen molar-refractivity contribution in [2.24, 2.45) is 0 Å². The maximum Gasteiger partial charge on any atom is 0.261 e. The Kier molecular flexibility index (Phi) is 5.64. The second-order valence-electron chi connectivity index (χ2n) is 6.80. The summed E-state index contributed by atoms with van der Waals surface area (Å²) in [5, 5.41) is 0. The molecule has 6 nitrogen and oxygen atoms in total. The molecule has 2 heterocycles. The Morgan fingerprint density at radius 3 is 2.63 bits per heavy atom. The molecule has 3 amide bonds. The van der Waals surface area contributed by atoms with Crippen molar-refractivity contribution in [1.82, 2.24) is 14.8 Å². The van der Waals surface area contributed by atoms with Gasteiger partial charge in [-0.1, -0.05) is 17.7 Å². The molecule has 0 fully saturated rings. The number of hydrogen-bond donors (Lipinski definition) is 0. The maximum absolute atomic E-state index is 12.4. The van der Waals surface area contributed by atoms with Crippen LogP contribution in [0.5, 0.6) is 0 Å². The number of carbonyl (C=O) groups is 3. The second-order valence-corrected chi connectivity index (χ2v) is 6.80. The largest absolute Gasteiger partial charge is 0.345 e. The van der Waals surface area contributed by atoms with Crippen LogP contribution in [0.4, 0.5) is 0 Å². The molecule has 0 N–H and O–H groups in total. The van der Waals surface area contributed by atoms with Gasteiger partial charge in [0.25, 0.3) is 11.8 Å². The molecule has 0 bridgehead atoms. The average molecular weight is 365 g/mol. The number of nitrogens with zero attached hydrogens (tertiary/aromatic N) is 3. The highest BCUT2D eigenvalue weighted by molar-refractivity contribution is 6.21. The summed E-state index contributed by atoms with van der Waals surface area (Å²) in [6.07, 6.45) is 3.18. The topological polar surface area (TPSA) is 70.6 Å². The molecule has 0 atom stereocenters. The van der Waals surface area contributed by atoms with Crippen molar-refractivity contribution in [3.8, 4) is 0 Å². The van der Waals surface area contributed by atoms with E-state index in [0.717, 1.165) is 11.3 Å². The third-order valence-electron chi connectivity index (χ3n) is 4.75. The molecule has 0 aliphatic carbocycles. The van der Waals surface area contributed by atoms with E-state index in [1.165, 1.54) is 4.90 Å². The summed E-state index contributed by atoms with van der Waals surface area (Å²) >= 11 is 0. The number of rotatable bonds is 7. The first-order valence-corrected chi connectivity index (χ1v) is 9.08. The van der Waals surface area contributed by atoms with Crippen LogP contribution in [0.2, 0.25) is 0 Å². The number of amides is 3. The first kappa shape index (κ1) is 18.8. The van der Waals surface area contributed by atoms with Gasteiger partial charge in [0.2, 0.25) is 5.91 Å². The summed E-state index contributed by atoms with van der Waals surface area (Å²) in [4.78, 5) is 44.3. The van der Waals surface area contributed by atoms with Crippen LogP contribution < -0.4 is 0 Å². The van der Waals surface area contributed by atoms with E-state index in [1.807, 2.05) is 31.2 Å². The fraction of sp³-hybridized carbons (Fsp3) is 0.333. The summed E-state index contributed by atoms with van der Waals surface area (Å²) < 4.78 is 0. The van der Waals surface area contributed by atoms with Gasteiger partial charge in [-0.2, -0.15) is 0 Å². The van der Waals surface area contributed by atoms with Gasteiger partial charge in [-0.15, -0.1) is 0 Å². The Labute approximate surface area is 158 Å². The predicted octanol–water partition coefficient (Wildman–Crippen LogP) is 2.47. The van der Waals surface area contributed by atoms with Gasteiger partial charge in [-0.05, 0) is 37.6 Å². The first-order chi connectivity index (χ1) is 13.0. The van der Waals surface area contributed by atoms with Gasteiger partial charge in [-0.3, -0.25) is 24.3 Å². The van der Waals surface area contributed by atoms with E-state index in [1.54, 1.807) is 30.3 Å². The maximum atomic E-state index is 12.4. The quantitative estimate of drug-likeness (QED) is 0.707. The Hall–Kier alpha value is -3.02. The molecular weight excluding hydrogens is 342 g/mol. The summed E-state index contributed by atoms with van der Waals surface area (Å²) in [5.74, 6) is -0.543. The highest BCUT2D eigenvalue weighted by Crippen LogP contribution is 2.24. The number of imide groups is 1. The van der Waals surface area contributed by atoms with Crippen molar-refractivity contribution in [3.63, 3.8) is 0 Å². The van der Waals surface area contributed by atoms with E-state index in [2.05, 4.69) is 4.98 Å². The highest BCUT2D eigenvalue weighted by atomic mass is 16.2. The molecule has 140 valence electrons. The normalized spacial score (nSPS) is 13.0. The van der Waals surface area contributed by atoms with Gasteiger partial charge < -0.3 is 4.90 Å². The van der Waals surface area contributed by atoms with Crippen LogP contribution in [0.15, 0.2) is 42.6 Å². The standard InChI is InChI=1S/C21H23N3O3/c1-15-8-9-17-18(14-15)21(27)24(20(17)26)12-5-7-19(25)23(2)13-10-16-6-3-4-11-22-16/h3-4,6,8-9,11,14H,5,7,10,12-13H2,1-2H3. The number of pyridine rings is 1. The fourth-order valence-electron chi connectivity index (χ4n) is 3.14. The molecular formula is C21H23N3O3.